The summed E-state index contributed by atoms with van der Waals surface area (Å²) in [6, 6.07) is 1.88. The van der Waals surface area contributed by atoms with Gasteiger partial charge in [-0.3, -0.25) is 0 Å². The van der Waals surface area contributed by atoms with Crippen molar-refractivity contribution in [2.24, 2.45) is 0 Å². The lowest BCUT2D eigenvalue weighted by Crippen LogP contribution is -2.20. The maximum atomic E-state index is 12.5. The summed E-state index contributed by atoms with van der Waals surface area (Å²) in [7, 11) is 0. The van der Waals surface area contributed by atoms with Crippen LogP contribution in [0.25, 0.3) is 5.65 Å². The zero-order chi connectivity index (χ0) is 13.8. The zero-order valence-electron chi connectivity index (χ0n) is 9.65. The van der Waals surface area contributed by atoms with Crippen LogP contribution in [0, 0.1) is 0 Å². The minimum atomic E-state index is -4.70. The van der Waals surface area contributed by atoms with E-state index in [4.69, 9.17) is 0 Å². The summed E-state index contributed by atoms with van der Waals surface area (Å²) in [4.78, 5) is 3.85. The van der Waals surface area contributed by atoms with E-state index < -0.39 is 12.3 Å². The van der Waals surface area contributed by atoms with Crippen molar-refractivity contribution in [3.63, 3.8) is 0 Å². The number of fused-ring (bicyclic) bond motifs is 1. The molecule has 0 radical (unpaired) electrons. The van der Waals surface area contributed by atoms with Gasteiger partial charge >= 0.3 is 6.18 Å². The van der Waals surface area contributed by atoms with Gasteiger partial charge in [-0.05, 0) is 46.3 Å². The number of hydrogen-bond donors (Lipinski definition) is 1. The number of rotatable bonds is 2. The predicted molar refractivity (Wildman–Crippen MR) is 65.9 cm³/mol. The van der Waals surface area contributed by atoms with Gasteiger partial charge in [-0.2, -0.15) is 13.2 Å². The quantitative estimate of drug-likeness (QED) is 0.911. The molecule has 1 aliphatic carbocycles. The van der Waals surface area contributed by atoms with Crippen molar-refractivity contribution in [1.29, 1.82) is 0 Å². The van der Waals surface area contributed by atoms with Crippen molar-refractivity contribution >= 4 is 21.6 Å². The lowest BCUT2D eigenvalue weighted by Gasteiger charge is -2.10. The Morgan fingerprint density at radius 3 is 2.63 bits per heavy atom. The first-order chi connectivity index (χ1) is 8.86. The van der Waals surface area contributed by atoms with Crippen LogP contribution < -0.4 is 0 Å². The molecule has 19 heavy (non-hydrogen) atoms. The predicted octanol–water partition coefficient (Wildman–Crippen LogP) is 3.57. The Morgan fingerprint density at radius 2 is 2.05 bits per heavy atom. The highest BCUT2D eigenvalue weighted by atomic mass is 79.9. The van der Waals surface area contributed by atoms with E-state index in [0.717, 1.165) is 18.4 Å². The molecule has 0 amide bonds. The van der Waals surface area contributed by atoms with Crippen LogP contribution >= 0.6 is 15.9 Å². The number of nitrogens with zero attached hydrogens (tertiary/aromatic N) is 2. The number of alkyl halides is 3. The highest BCUT2D eigenvalue weighted by molar-refractivity contribution is 9.10. The van der Waals surface area contributed by atoms with Crippen molar-refractivity contribution in [2.75, 3.05) is 0 Å². The first kappa shape index (κ1) is 12.9. The minimum Gasteiger partial charge on any atom is -0.378 e. The minimum absolute atomic E-state index is 0.378. The Hall–Kier alpha value is -1.08. The van der Waals surface area contributed by atoms with E-state index in [0.29, 0.717) is 16.0 Å². The molecule has 0 aromatic carbocycles. The maximum Gasteiger partial charge on any atom is 0.420 e. The average molecular weight is 335 g/mol. The van der Waals surface area contributed by atoms with Crippen LogP contribution in [0.2, 0.25) is 0 Å². The summed E-state index contributed by atoms with van der Waals surface area (Å²) in [5, 5.41) is 9.22. The summed E-state index contributed by atoms with van der Waals surface area (Å²) in [6.07, 6.45) is -2.05. The SMILES string of the molecule is OC(c1cn2cc(C3CC3)cc(Br)c2n1)C(F)(F)F. The number of halogens is 4. The van der Waals surface area contributed by atoms with Crippen LogP contribution in [-0.2, 0) is 0 Å². The fourth-order valence-electron chi connectivity index (χ4n) is 2.04. The molecule has 3 nitrogen and oxygen atoms in total. The Bertz CT molecular complexity index is 634. The second kappa shape index (κ2) is 4.21. The van der Waals surface area contributed by atoms with Crippen LogP contribution in [0.4, 0.5) is 13.2 Å². The third-order valence-corrected chi connectivity index (χ3v) is 3.77. The number of aromatic nitrogens is 2. The van der Waals surface area contributed by atoms with Crippen molar-refractivity contribution < 1.29 is 18.3 Å². The third kappa shape index (κ3) is 2.36. The van der Waals surface area contributed by atoms with E-state index in [1.807, 2.05) is 6.07 Å². The second-order valence-corrected chi connectivity index (χ2v) is 5.59. The molecule has 0 spiro atoms. The molecular formula is C12H10BrF3N2O. The van der Waals surface area contributed by atoms with Crippen LogP contribution in [-0.4, -0.2) is 20.7 Å². The first-order valence-electron chi connectivity index (χ1n) is 5.79. The topological polar surface area (TPSA) is 37.5 Å². The molecule has 0 aliphatic heterocycles. The van der Waals surface area contributed by atoms with E-state index in [9.17, 15) is 18.3 Å². The molecule has 1 N–H and O–H groups in total. The van der Waals surface area contributed by atoms with Gasteiger partial charge in [0.2, 0.25) is 0 Å². The monoisotopic (exact) mass is 334 g/mol. The van der Waals surface area contributed by atoms with Crippen LogP contribution in [0.15, 0.2) is 22.9 Å². The molecule has 0 bridgehead atoms. The van der Waals surface area contributed by atoms with Crippen molar-refractivity contribution in [3.05, 3.63) is 34.2 Å². The van der Waals surface area contributed by atoms with E-state index in [1.54, 1.807) is 6.20 Å². The van der Waals surface area contributed by atoms with E-state index in [1.165, 1.54) is 10.6 Å². The van der Waals surface area contributed by atoms with Gasteiger partial charge in [0.05, 0.1) is 10.2 Å². The molecule has 0 saturated heterocycles. The van der Waals surface area contributed by atoms with Gasteiger partial charge < -0.3 is 9.51 Å². The van der Waals surface area contributed by atoms with Gasteiger partial charge in [-0.1, -0.05) is 0 Å². The van der Waals surface area contributed by atoms with E-state index in [2.05, 4.69) is 20.9 Å². The molecule has 1 saturated carbocycles. The Balaban J connectivity index is 2.07. The number of aliphatic hydroxyl groups excluding tert-OH is 1. The summed E-state index contributed by atoms with van der Waals surface area (Å²) in [5.74, 6) is 0.485. The first-order valence-corrected chi connectivity index (χ1v) is 6.58. The molecule has 1 atom stereocenters. The van der Waals surface area contributed by atoms with Crippen LogP contribution in [0.3, 0.4) is 0 Å². The largest absolute Gasteiger partial charge is 0.420 e. The van der Waals surface area contributed by atoms with E-state index >= 15 is 0 Å². The summed E-state index contributed by atoms with van der Waals surface area (Å²) in [6.45, 7) is 0. The van der Waals surface area contributed by atoms with Gasteiger partial charge in [0, 0.05) is 12.4 Å². The van der Waals surface area contributed by atoms with Crippen LogP contribution in [0.5, 0.6) is 0 Å². The normalized spacial score (nSPS) is 17.9. The van der Waals surface area contributed by atoms with Gasteiger partial charge in [0.15, 0.2) is 11.8 Å². The molecule has 1 aliphatic rings. The van der Waals surface area contributed by atoms with Crippen molar-refractivity contribution in [3.8, 4) is 0 Å². The van der Waals surface area contributed by atoms with Gasteiger partial charge in [-0.25, -0.2) is 4.98 Å². The number of pyridine rings is 1. The summed E-state index contributed by atoms with van der Waals surface area (Å²) >= 11 is 3.31. The van der Waals surface area contributed by atoms with Gasteiger partial charge in [0.25, 0.3) is 0 Å². The molecule has 2 aromatic rings. The fraction of sp³-hybridized carbons (Fsp3) is 0.417. The van der Waals surface area contributed by atoms with Crippen LogP contribution in [0.1, 0.15) is 36.1 Å². The number of imidazole rings is 1. The molecule has 2 aromatic heterocycles. The highest BCUT2D eigenvalue weighted by Gasteiger charge is 2.41. The standard InChI is InChI=1S/C12H10BrF3N2O/c13-8-3-7(6-1-2-6)4-18-5-9(17-11(8)18)10(19)12(14,15)16/h3-6,10,19H,1-2H2. The summed E-state index contributed by atoms with van der Waals surface area (Å²) in [5.41, 5.74) is 1.06. The Morgan fingerprint density at radius 1 is 1.37 bits per heavy atom. The van der Waals surface area contributed by atoms with E-state index in [-0.39, 0.29) is 5.69 Å². The number of aliphatic hydroxyl groups is 1. The Kier molecular flexibility index (Phi) is 2.86. The molecule has 3 rings (SSSR count). The molecule has 102 valence electrons. The smallest absolute Gasteiger partial charge is 0.378 e. The molecular weight excluding hydrogens is 325 g/mol. The van der Waals surface area contributed by atoms with Crippen molar-refractivity contribution in [1.82, 2.24) is 9.38 Å². The number of hydrogen-bond acceptors (Lipinski definition) is 2. The zero-order valence-corrected chi connectivity index (χ0v) is 11.2. The van der Waals surface area contributed by atoms with Gasteiger partial charge in [-0.15, -0.1) is 0 Å². The maximum absolute atomic E-state index is 12.5. The fourth-order valence-corrected chi connectivity index (χ4v) is 2.59. The van der Waals surface area contributed by atoms with Gasteiger partial charge in [0.1, 0.15) is 0 Å². The Labute approximate surface area is 115 Å². The molecule has 7 heteroatoms. The second-order valence-electron chi connectivity index (χ2n) is 4.74. The highest BCUT2D eigenvalue weighted by Crippen LogP contribution is 2.41. The summed E-state index contributed by atoms with van der Waals surface area (Å²) < 4.78 is 39.6. The lowest BCUT2D eigenvalue weighted by molar-refractivity contribution is -0.207. The lowest BCUT2D eigenvalue weighted by atomic mass is 10.2. The molecule has 1 unspecified atom stereocenters. The van der Waals surface area contributed by atoms with Crippen molar-refractivity contribution in [2.45, 2.75) is 31.0 Å². The molecule has 1 fully saturated rings. The average Bonchev–Trinajstić information content (AvgIpc) is 3.07. The third-order valence-electron chi connectivity index (χ3n) is 3.19. The molecule has 2 heterocycles.